The minimum absolute atomic E-state index is 0.0814. The third-order valence-corrected chi connectivity index (χ3v) is 3.15. The molecule has 0 bridgehead atoms. The summed E-state index contributed by atoms with van der Waals surface area (Å²) in [6.07, 6.45) is -4.43. The maximum atomic E-state index is 13.1. The van der Waals surface area contributed by atoms with Gasteiger partial charge in [0.2, 0.25) is 0 Å². The van der Waals surface area contributed by atoms with Crippen molar-refractivity contribution in [2.24, 2.45) is 0 Å². The fourth-order valence-corrected chi connectivity index (χ4v) is 1.94. The number of benzene rings is 1. The molecule has 0 aliphatic rings. The largest absolute Gasteiger partial charge is 0.427 e. The predicted octanol–water partition coefficient (Wildman–Crippen LogP) is 4.62. The Morgan fingerprint density at radius 1 is 1.18 bits per heavy atom. The van der Waals surface area contributed by atoms with Gasteiger partial charge in [0.1, 0.15) is 10.7 Å². The summed E-state index contributed by atoms with van der Waals surface area (Å²) >= 11 is 5.80. The zero-order valence-electron chi connectivity index (χ0n) is 8.05. The van der Waals surface area contributed by atoms with E-state index in [0.717, 1.165) is 12.1 Å². The van der Waals surface area contributed by atoms with Crippen molar-refractivity contribution >= 4 is 23.1 Å². The van der Waals surface area contributed by atoms with Gasteiger partial charge in [-0.1, -0.05) is 17.7 Å². The summed E-state index contributed by atoms with van der Waals surface area (Å²) < 4.78 is 53.8. The Bertz CT molecular complexity index is 549. The van der Waals surface area contributed by atoms with Crippen LogP contribution in [-0.4, -0.2) is 4.37 Å². The molecule has 1 heterocycles. The number of rotatable bonds is 1. The summed E-state index contributed by atoms with van der Waals surface area (Å²) in [5.74, 6) is -0.689. The van der Waals surface area contributed by atoms with E-state index < -0.39 is 16.9 Å². The van der Waals surface area contributed by atoms with Crippen LogP contribution >= 0.6 is 23.1 Å². The molecular weight excluding hydrogens is 278 g/mol. The standard InChI is InChI=1S/C10H4ClF4NS/c11-6-2-1-5(3-7(6)12)8-4-9(17-16-8)10(13,14)15/h1-4H. The zero-order chi connectivity index (χ0) is 12.6. The van der Waals surface area contributed by atoms with E-state index in [1.807, 2.05) is 0 Å². The van der Waals surface area contributed by atoms with Gasteiger partial charge in [-0.15, -0.1) is 0 Å². The lowest BCUT2D eigenvalue weighted by atomic mass is 10.1. The first-order valence-corrected chi connectivity index (χ1v) is 5.52. The van der Waals surface area contributed by atoms with Gasteiger partial charge >= 0.3 is 6.18 Å². The number of hydrogen-bond acceptors (Lipinski definition) is 2. The Hall–Kier alpha value is -1.14. The van der Waals surface area contributed by atoms with Crippen LogP contribution in [0.4, 0.5) is 17.6 Å². The second-order valence-electron chi connectivity index (χ2n) is 3.20. The van der Waals surface area contributed by atoms with Crippen molar-refractivity contribution in [1.29, 1.82) is 0 Å². The van der Waals surface area contributed by atoms with Gasteiger partial charge in [0.15, 0.2) is 0 Å². The Kier molecular flexibility index (Phi) is 3.09. The van der Waals surface area contributed by atoms with E-state index in [4.69, 9.17) is 11.6 Å². The molecule has 0 saturated heterocycles. The van der Waals surface area contributed by atoms with Crippen LogP contribution in [0.3, 0.4) is 0 Å². The molecule has 0 aliphatic carbocycles. The molecule has 0 N–H and O–H groups in total. The van der Waals surface area contributed by atoms with Crippen molar-refractivity contribution in [3.63, 3.8) is 0 Å². The van der Waals surface area contributed by atoms with Gasteiger partial charge < -0.3 is 0 Å². The molecule has 2 rings (SSSR count). The summed E-state index contributed by atoms with van der Waals surface area (Å²) in [5.41, 5.74) is 0.344. The monoisotopic (exact) mass is 281 g/mol. The first kappa shape index (κ1) is 12.3. The molecule has 1 aromatic heterocycles. The summed E-state index contributed by atoms with van der Waals surface area (Å²) in [6.45, 7) is 0. The van der Waals surface area contributed by atoms with Crippen LogP contribution in [0, 0.1) is 5.82 Å². The fourth-order valence-electron chi connectivity index (χ4n) is 1.20. The first-order chi connectivity index (χ1) is 7.88. The molecule has 90 valence electrons. The van der Waals surface area contributed by atoms with Gasteiger partial charge in [-0.25, -0.2) is 4.39 Å². The van der Waals surface area contributed by atoms with Gasteiger partial charge in [-0.3, -0.25) is 0 Å². The average Bonchev–Trinajstić information content (AvgIpc) is 2.70. The van der Waals surface area contributed by atoms with Crippen molar-refractivity contribution in [2.45, 2.75) is 6.18 Å². The van der Waals surface area contributed by atoms with E-state index in [0.29, 0.717) is 11.5 Å². The van der Waals surface area contributed by atoms with E-state index in [2.05, 4.69) is 4.37 Å². The highest BCUT2D eigenvalue weighted by Crippen LogP contribution is 2.35. The second-order valence-corrected chi connectivity index (χ2v) is 4.42. The molecule has 2 aromatic rings. The van der Waals surface area contributed by atoms with E-state index >= 15 is 0 Å². The molecule has 0 aliphatic heterocycles. The lowest BCUT2D eigenvalue weighted by molar-refractivity contribution is -0.134. The number of alkyl halides is 3. The van der Waals surface area contributed by atoms with Crippen molar-refractivity contribution < 1.29 is 17.6 Å². The minimum atomic E-state index is -4.43. The molecule has 0 unspecified atom stereocenters. The topological polar surface area (TPSA) is 12.9 Å². The van der Waals surface area contributed by atoms with Crippen LogP contribution in [0.25, 0.3) is 11.3 Å². The smallest absolute Gasteiger partial charge is 0.205 e. The third kappa shape index (κ3) is 2.58. The van der Waals surface area contributed by atoms with Crippen LogP contribution in [-0.2, 0) is 6.18 Å². The molecule has 7 heteroatoms. The number of halogens is 5. The highest BCUT2D eigenvalue weighted by atomic mass is 35.5. The highest BCUT2D eigenvalue weighted by molar-refractivity contribution is 7.06. The second kappa shape index (κ2) is 4.27. The Morgan fingerprint density at radius 3 is 2.41 bits per heavy atom. The van der Waals surface area contributed by atoms with Gasteiger partial charge in [-0.2, -0.15) is 17.5 Å². The molecule has 0 radical (unpaired) electrons. The third-order valence-electron chi connectivity index (χ3n) is 2.00. The van der Waals surface area contributed by atoms with E-state index in [1.165, 1.54) is 12.1 Å². The van der Waals surface area contributed by atoms with E-state index in [1.54, 1.807) is 0 Å². The lowest BCUT2D eigenvalue weighted by Gasteiger charge is -2.00. The van der Waals surface area contributed by atoms with Crippen molar-refractivity contribution in [2.75, 3.05) is 0 Å². The van der Waals surface area contributed by atoms with Gasteiger partial charge in [0.05, 0.1) is 10.7 Å². The summed E-state index contributed by atoms with van der Waals surface area (Å²) in [6, 6.07) is 4.63. The van der Waals surface area contributed by atoms with Crippen molar-refractivity contribution in [3.05, 3.63) is 40.0 Å². The van der Waals surface area contributed by atoms with Crippen LogP contribution in [0.5, 0.6) is 0 Å². The molecule has 0 spiro atoms. The average molecular weight is 282 g/mol. The highest BCUT2D eigenvalue weighted by Gasteiger charge is 2.33. The number of aromatic nitrogens is 1. The maximum Gasteiger partial charge on any atom is 0.427 e. The normalized spacial score (nSPS) is 11.8. The number of hydrogen-bond donors (Lipinski definition) is 0. The summed E-state index contributed by atoms with van der Waals surface area (Å²) in [5, 5.41) is -0.0833. The molecule has 1 nitrogen and oxygen atoms in total. The lowest BCUT2D eigenvalue weighted by Crippen LogP contribution is -2.00. The predicted molar refractivity (Wildman–Crippen MR) is 57.5 cm³/mol. The zero-order valence-corrected chi connectivity index (χ0v) is 9.63. The van der Waals surface area contributed by atoms with E-state index in [-0.39, 0.29) is 16.3 Å². The van der Waals surface area contributed by atoms with Crippen LogP contribution in [0.15, 0.2) is 24.3 Å². The first-order valence-electron chi connectivity index (χ1n) is 4.37. The van der Waals surface area contributed by atoms with Gasteiger partial charge in [0, 0.05) is 5.56 Å². The molecule has 17 heavy (non-hydrogen) atoms. The Balaban J connectivity index is 2.40. The summed E-state index contributed by atoms with van der Waals surface area (Å²) in [7, 11) is 0. The molecule has 0 fully saturated rings. The van der Waals surface area contributed by atoms with E-state index in [9.17, 15) is 17.6 Å². The molecule has 0 amide bonds. The van der Waals surface area contributed by atoms with Crippen molar-refractivity contribution in [3.8, 4) is 11.3 Å². The molecule has 0 saturated carbocycles. The van der Waals surface area contributed by atoms with Gasteiger partial charge in [0.25, 0.3) is 0 Å². The molecular formula is C10H4ClF4NS. The maximum absolute atomic E-state index is 13.1. The SMILES string of the molecule is Fc1cc(-c2cc(C(F)(F)F)sn2)ccc1Cl. The molecule has 0 atom stereocenters. The quantitative estimate of drug-likeness (QED) is 0.695. The van der Waals surface area contributed by atoms with Gasteiger partial charge in [-0.05, 0) is 29.7 Å². The van der Waals surface area contributed by atoms with Crippen LogP contribution in [0.2, 0.25) is 5.02 Å². The van der Waals surface area contributed by atoms with Crippen LogP contribution < -0.4 is 0 Å². The molecule has 1 aromatic carbocycles. The van der Waals surface area contributed by atoms with Crippen LogP contribution in [0.1, 0.15) is 4.88 Å². The summed E-state index contributed by atoms with van der Waals surface area (Å²) in [4.78, 5) is -0.817. The van der Waals surface area contributed by atoms with Crippen molar-refractivity contribution in [1.82, 2.24) is 4.37 Å². The number of nitrogens with zero attached hydrogens (tertiary/aromatic N) is 1. The Labute approximate surface area is 103 Å². The fraction of sp³-hybridized carbons (Fsp3) is 0.100. The minimum Gasteiger partial charge on any atom is -0.205 e. The Morgan fingerprint density at radius 2 is 1.88 bits per heavy atom.